The Kier molecular flexibility index (Phi) is 6.85. The van der Waals surface area contributed by atoms with E-state index >= 15 is 0 Å². The fraction of sp³-hybridized carbons (Fsp3) is 0.261. The summed E-state index contributed by atoms with van der Waals surface area (Å²) in [6.07, 6.45) is 2.96. The maximum Gasteiger partial charge on any atom is 0.304 e. The lowest BCUT2D eigenvalue weighted by atomic mass is 9.92. The van der Waals surface area contributed by atoms with Gasteiger partial charge in [0.2, 0.25) is 0 Å². The van der Waals surface area contributed by atoms with E-state index in [-0.39, 0.29) is 12.3 Å². The summed E-state index contributed by atoms with van der Waals surface area (Å²) in [4.78, 5) is 13.1. The number of likely N-dealkylation sites (N-methyl/N-ethyl adjacent to an activating group) is 1. The first kappa shape index (κ1) is 21.1. The van der Waals surface area contributed by atoms with E-state index in [0.29, 0.717) is 31.3 Å². The topological polar surface area (TPSA) is 94.2 Å². The van der Waals surface area contributed by atoms with Crippen LogP contribution in [0.5, 0.6) is 17.2 Å². The SMILES string of the molecule is C=C([C@@H](CC(=O)O)c1ccc(OCc2ccc3c(c2)OCCO3)cc1)N(C)/C=C\N. The number of carbonyl (C=O) groups is 1. The van der Waals surface area contributed by atoms with Gasteiger partial charge in [-0.15, -0.1) is 0 Å². The highest BCUT2D eigenvalue weighted by Crippen LogP contribution is 2.32. The zero-order chi connectivity index (χ0) is 21.5. The van der Waals surface area contributed by atoms with E-state index < -0.39 is 5.97 Å². The molecule has 7 heteroatoms. The second-order valence-corrected chi connectivity index (χ2v) is 6.93. The monoisotopic (exact) mass is 410 g/mol. The predicted molar refractivity (Wildman–Crippen MR) is 113 cm³/mol. The van der Waals surface area contributed by atoms with Gasteiger partial charge in [-0.1, -0.05) is 24.8 Å². The van der Waals surface area contributed by atoms with Gasteiger partial charge in [-0.05, 0) is 35.4 Å². The largest absolute Gasteiger partial charge is 0.489 e. The van der Waals surface area contributed by atoms with Crippen molar-refractivity contribution in [3.05, 3.63) is 78.3 Å². The number of aliphatic carboxylic acids is 1. The Morgan fingerprint density at radius 2 is 1.93 bits per heavy atom. The highest BCUT2D eigenvalue weighted by Gasteiger charge is 2.21. The minimum Gasteiger partial charge on any atom is -0.489 e. The Hall–Kier alpha value is -3.61. The molecule has 3 N–H and O–H groups in total. The second kappa shape index (κ2) is 9.73. The summed E-state index contributed by atoms with van der Waals surface area (Å²) in [5, 5.41) is 9.31. The van der Waals surface area contributed by atoms with Crippen molar-refractivity contribution in [3.8, 4) is 17.2 Å². The smallest absolute Gasteiger partial charge is 0.304 e. The van der Waals surface area contributed by atoms with Crippen molar-refractivity contribution >= 4 is 5.97 Å². The molecule has 0 aliphatic carbocycles. The summed E-state index contributed by atoms with van der Waals surface area (Å²) < 4.78 is 17.0. The number of hydrogen-bond donors (Lipinski definition) is 2. The van der Waals surface area contributed by atoms with Crippen molar-refractivity contribution in [2.24, 2.45) is 5.73 Å². The maximum atomic E-state index is 11.4. The first-order valence-corrected chi connectivity index (χ1v) is 9.61. The zero-order valence-electron chi connectivity index (χ0n) is 16.9. The highest BCUT2D eigenvalue weighted by molar-refractivity contribution is 5.69. The molecule has 1 heterocycles. The molecule has 0 unspecified atom stereocenters. The lowest BCUT2D eigenvalue weighted by Crippen LogP contribution is -2.19. The van der Waals surface area contributed by atoms with E-state index in [9.17, 15) is 9.90 Å². The molecule has 7 nitrogen and oxygen atoms in total. The Morgan fingerprint density at radius 3 is 2.60 bits per heavy atom. The minimum absolute atomic E-state index is 0.0705. The molecular weight excluding hydrogens is 384 g/mol. The van der Waals surface area contributed by atoms with Gasteiger partial charge in [0.25, 0.3) is 0 Å². The van der Waals surface area contributed by atoms with Crippen LogP contribution in [0.3, 0.4) is 0 Å². The van der Waals surface area contributed by atoms with Crippen molar-refractivity contribution in [2.45, 2.75) is 18.9 Å². The van der Waals surface area contributed by atoms with Gasteiger partial charge >= 0.3 is 5.97 Å². The number of rotatable bonds is 9. The van der Waals surface area contributed by atoms with Crippen LogP contribution in [0.1, 0.15) is 23.5 Å². The lowest BCUT2D eigenvalue weighted by molar-refractivity contribution is -0.137. The summed E-state index contributed by atoms with van der Waals surface area (Å²) in [5.74, 6) is 0.876. The fourth-order valence-electron chi connectivity index (χ4n) is 3.21. The van der Waals surface area contributed by atoms with E-state index in [2.05, 4.69) is 6.58 Å². The summed E-state index contributed by atoms with van der Waals surface area (Å²) >= 11 is 0. The first-order chi connectivity index (χ1) is 14.5. The van der Waals surface area contributed by atoms with Crippen LogP contribution in [0, 0.1) is 0 Å². The van der Waals surface area contributed by atoms with Crippen LogP contribution in [0.25, 0.3) is 0 Å². The van der Waals surface area contributed by atoms with Gasteiger partial charge in [0.05, 0.1) is 6.42 Å². The number of hydrogen-bond acceptors (Lipinski definition) is 6. The van der Waals surface area contributed by atoms with Crippen molar-refractivity contribution in [1.29, 1.82) is 0 Å². The average molecular weight is 410 g/mol. The number of nitrogens with two attached hydrogens (primary N) is 1. The standard InChI is InChI=1S/C23H26N2O5/c1-16(25(2)10-9-24)20(14-23(26)27)18-4-6-19(7-5-18)30-15-17-3-8-21-22(13-17)29-12-11-28-21/h3-10,13,20H,1,11-12,14-15,24H2,2H3,(H,26,27)/b10-9-/t20-/m1/s1. The van der Waals surface area contributed by atoms with Crippen LogP contribution in [-0.2, 0) is 11.4 Å². The number of benzene rings is 2. The molecule has 0 aromatic heterocycles. The van der Waals surface area contributed by atoms with Crippen LogP contribution in [0.2, 0.25) is 0 Å². The van der Waals surface area contributed by atoms with E-state index in [4.69, 9.17) is 19.9 Å². The van der Waals surface area contributed by atoms with Gasteiger partial charge in [-0.25, -0.2) is 0 Å². The summed E-state index contributed by atoms with van der Waals surface area (Å²) in [7, 11) is 1.78. The van der Waals surface area contributed by atoms with Crippen molar-refractivity contribution in [1.82, 2.24) is 4.90 Å². The molecule has 30 heavy (non-hydrogen) atoms. The fourth-order valence-corrected chi connectivity index (χ4v) is 3.21. The predicted octanol–water partition coefficient (Wildman–Crippen LogP) is 3.47. The van der Waals surface area contributed by atoms with Crippen molar-refractivity contribution < 1.29 is 24.1 Å². The van der Waals surface area contributed by atoms with Gasteiger partial charge in [0.15, 0.2) is 11.5 Å². The van der Waals surface area contributed by atoms with E-state index in [1.54, 1.807) is 18.1 Å². The Morgan fingerprint density at radius 1 is 1.23 bits per heavy atom. The van der Waals surface area contributed by atoms with Crippen LogP contribution < -0.4 is 19.9 Å². The molecule has 0 spiro atoms. The van der Waals surface area contributed by atoms with Crippen LogP contribution in [-0.4, -0.2) is 36.2 Å². The molecule has 1 aliphatic heterocycles. The maximum absolute atomic E-state index is 11.4. The molecule has 2 aromatic carbocycles. The Labute approximate surface area is 176 Å². The normalized spacial score (nSPS) is 13.6. The Balaban J connectivity index is 1.67. The van der Waals surface area contributed by atoms with Gasteiger partial charge in [-0.3, -0.25) is 4.79 Å². The molecule has 158 valence electrons. The van der Waals surface area contributed by atoms with E-state index in [0.717, 1.165) is 22.6 Å². The number of carboxylic acid groups (broad SMARTS) is 1. The molecule has 0 radical (unpaired) electrons. The van der Waals surface area contributed by atoms with E-state index in [1.807, 2.05) is 42.5 Å². The molecule has 2 aromatic rings. The molecule has 0 saturated carbocycles. The number of fused-ring (bicyclic) bond motifs is 1. The highest BCUT2D eigenvalue weighted by atomic mass is 16.6. The third kappa shape index (κ3) is 5.26. The summed E-state index contributed by atoms with van der Waals surface area (Å²) in [6, 6.07) is 13.1. The third-order valence-electron chi connectivity index (χ3n) is 4.84. The zero-order valence-corrected chi connectivity index (χ0v) is 16.9. The number of carboxylic acids is 1. The van der Waals surface area contributed by atoms with Crippen LogP contribution in [0.15, 0.2) is 67.1 Å². The molecule has 1 aliphatic rings. The Bertz CT molecular complexity index is 924. The van der Waals surface area contributed by atoms with E-state index in [1.165, 1.54) is 6.20 Å². The summed E-state index contributed by atoms with van der Waals surface area (Å²) in [5.41, 5.74) is 7.89. The van der Waals surface area contributed by atoms with Crippen molar-refractivity contribution in [2.75, 3.05) is 20.3 Å². The number of nitrogens with zero attached hydrogens (tertiary/aromatic N) is 1. The molecule has 0 fully saturated rings. The van der Waals surface area contributed by atoms with Gasteiger partial charge < -0.3 is 30.0 Å². The lowest BCUT2D eigenvalue weighted by Gasteiger charge is -2.25. The van der Waals surface area contributed by atoms with Crippen molar-refractivity contribution in [3.63, 3.8) is 0 Å². The second-order valence-electron chi connectivity index (χ2n) is 6.93. The average Bonchev–Trinajstić information content (AvgIpc) is 2.76. The molecule has 0 saturated heterocycles. The number of allylic oxidation sites excluding steroid dienone is 1. The molecule has 0 amide bonds. The van der Waals surface area contributed by atoms with Gasteiger partial charge in [-0.2, -0.15) is 0 Å². The summed E-state index contributed by atoms with van der Waals surface area (Å²) in [6.45, 7) is 5.52. The quantitative estimate of drug-likeness (QED) is 0.654. The third-order valence-corrected chi connectivity index (χ3v) is 4.84. The van der Waals surface area contributed by atoms with Crippen LogP contribution in [0.4, 0.5) is 0 Å². The molecular formula is C23H26N2O5. The van der Waals surface area contributed by atoms with Gasteiger partial charge in [0, 0.05) is 31.1 Å². The first-order valence-electron chi connectivity index (χ1n) is 9.61. The van der Waals surface area contributed by atoms with Gasteiger partial charge in [0.1, 0.15) is 25.6 Å². The minimum atomic E-state index is -0.898. The molecule has 1 atom stereocenters. The molecule has 3 rings (SSSR count). The number of ether oxygens (including phenoxy) is 3. The van der Waals surface area contributed by atoms with Crippen LogP contribution >= 0.6 is 0 Å². The molecule has 0 bridgehead atoms.